The first-order valence-electron chi connectivity index (χ1n) is 20.6. The fourth-order valence-electron chi connectivity index (χ4n) is 9.13. The quantitative estimate of drug-likeness (QED) is 0.144. The van der Waals surface area contributed by atoms with Crippen LogP contribution >= 0.6 is 0 Å². The van der Waals surface area contributed by atoms with Gasteiger partial charge in [-0.25, -0.2) is 0 Å². The summed E-state index contributed by atoms with van der Waals surface area (Å²) in [5.41, 5.74) is 9.08. The molecule has 0 radical (unpaired) electrons. The van der Waals surface area contributed by atoms with Gasteiger partial charge in [0.2, 0.25) is 0 Å². The summed E-state index contributed by atoms with van der Waals surface area (Å²) in [4.78, 5) is 0. The topological polar surface area (TPSA) is 0 Å². The first-order chi connectivity index (χ1) is 26.7. The van der Waals surface area contributed by atoms with Crippen LogP contribution in [0.3, 0.4) is 0 Å². The zero-order valence-electron chi connectivity index (χ0n) is 36.9. The van der Waals surface area contributed by atoms with Crippen LogP contribution in [0.1, 0.15) is 144 Å². The molecule has 0 heterocycles. The van der Waals surface area contributed by atoms with Crippen LogP contribution in [0.25, 0.3) is 11.1 Å². The van der Waals surface area contributed by atoms with Gasteiger partial charge in [-0.05, 0) is 0 Å². The van der Waals surface area contributed by atoms with E-state index >= 15 is 0 Å². The summed E-state index contributed by atoms with van der Waals surface area (Å²) in [6, 6.07) is 17.7. The van der Waals surface area contributed by atoms with E-state index in [0.717, 1.165) is 48.1 Å². The molecule has 4 aromatic carbocycles. The van der Waals surface area contributed by atoms with Crippen molar-refractivity contribution >= 4 is 6.48 Å². The fourth-order valence-corrected chi connectivity index (χ4v) is 18.1. The van der Waals surface area contributed by atoms with Crippen LogP contribution < -0.4 is 28.1 Å². The van der Waals surface area contributed by atoms with Crippen LogP contribution in [-0.2, 0) is 50.9 Å². The number of hydrogen-bond acceptors (Lipinski definition) is 0. The van der Waals surface area contributed by atoms with E-state index < -0.39 is 44.7 Å². The van der Waals surface area contributed by atoms with Crippen molar-refractivity contribution < 1.29 is 72.4 Å². The molecular formula is C51H58Cl2F6Zr. The molecule has 0 fully saturated rings. The molecule has 1 unspecified atom stereocenters. The van der Waals surface area contributed by atoms with E-state index in [-0.39, 0.29) is 47.0 Å². The molecule has 60 heavy (non-hydrogen) atoms. The van der Waals surface area contributed by atoms with Crippen LogP contribution in [-0.4, -0.2) is 3.21 Å². The molecular weight excluding hydrogens is 889 g/mol. The first-order valence-corrected chi connectivity index (χ1v) is 24.3. The second-order valence-corrected chi connectivity index (χ2v) is 25.3. The van der Waals surface area contributed by atoms with E-state index in [9.17, 15) is 26.3 Å². The standard InChI is InChI=1S/C23H29.C15H8F6.C13H21.2ClH.Zr/c1-14-9-16-11-17-10-15(2)21(23(6,7)8)13-19(17)18(16)12-20(14)22(3,4)5;16-14(17,18)12-5-1-3-10(8-12)7-11-4-2-6-13(9-11)15(19,20)21;1-5-6-7-11-8-9-12(10-11)13(2,3)4;;;/h9,12-13H,11H2,1-8H3;1-6,8-9H;9-11H,5-7H2,1-4H3;2*1H;/q;;;;;+2/p-2. The molecule has 0 aromatic heterocycles. The largest absolute Gasteiger partial charge is 1.00 e. The second kappa shape index (κ2) is 17.8. The molecule has 0 N–H and O–H groups in total. The Morgan fingerprint density at radius 2 is 1.18 bits per heavy atom. The molecule has 322 valence electrons. The molecule has 9 heteroatoms. The molecule has 2 aliphatic rings. The third kappa shape index (κ3) is 10.1. The summed E-state index contributed by atoms with van der Waals surface area (Å²) in [7, 11) is 0. The van der Waals surface area contributed by atoms with E-state index in [1.165, 1.54) is 64.2 Å². The normalized spacial score (nSPS) is 15.2. The molecule has 6 rings (SSSR count). The Hall–Kier alpha value is -2.73. The van der Waals surface area contributed by atoms with E-state index in [1.54, 1.807) is 12.1 Å². The number of alkyl halides is 6. The molecule has 0 saturated carbocycles. The van der Waals surface area contributed by atoms with Gasteiger partial charge < -0.3 is 24.8 Å². The summed E-state index contributed by atoms with van der Waals surface area (Å²) in [5, 5.41) is 0. The molecule has 0 spiro atoms. The van der Waals surface area contributed by atoms with Crippen molar-refractivity contribution in [1.82, 2.24) is 0 Å². The number of allylic oxidation sites excluding steroid dienone is 4. The van der Waals surface area contributed by atoms with Gasteiger partial charge in [-0.2, -0.15) is 0 Å². The second-order valence-electron chi connectivity index (χ2n) is 19.6. The van der Waals surface area contributed by atoms with Crippen molar-refractivity contribution in [1.29, 1.82) is 0 Å². The van der Waals surface area contributed by atoms with Gasteiger partial charge >= 0.3 is 352 Å². The minimum Gasteiger partial charge on any atom is -1.00 e. The number of fused-ring (bicyclic) bond motifs is 3. The maximum Gasteiger partial charge on any atom is -1.00 e. The van der Waals surface area contributed by atoms with Crippen LogP contribution in [0.2, 0.25) is 0 Å². The van der Waals surface area contributed by atoms with Crippen molar-refractivity contribution in [3.63, 3.8) is 0 Å². The third-order valence-corrected chi connectivity index (χ3v) is 20.2. The zero-order chi connectivity index (χ0) is 42.9. The number of unbranched alkanes of at least 4 members (excludes halogenated alkanes) is 1. The number of aryl methyl sites for hydroxylation is 1. The molecule has 0 saturated heterocycles. The molecule has 0 nitrogen and oxygen atoms in total. The number of hydrogen-bond donors (Lipinski definition) is 0. The minimum atomic E-state index is -4.64. The van der Waals surface area contributed by atoms with Gasteiger partial charge in [-0.3, -0.25) is 0 Å². The number of halogens is 8. The summed E-state index contributed by atoms with van der Waals surface area (Å²) in [6.45, 7) is 26.3. The number of benzene rings is 4. The summed E-state index contributed by atoms with van der Waals surface area (Å²) in [6.07, 6.45) is -1.16. The number of rotatable bonds is 7. The Bertz CT molecular complexity index is 2300. The smallest absolute Gasteiger partial charge is 1.00 e. The zero-order valence-corrected chi connectivity index (χ0v) is 40.9. The molecule has 2 aliphatic carbocycles. The van der Waals surface area contributed by atoms with Crippen molar-refractivity contribution in [3.05, 3.63) is 143 Å². The van der Waals surface area contributed by atoms with Crippen molar-refractivity contribution in [2.24, 2.45) is 11.3 Å². The van der Waals surface area contributed by atoms with Crippen LogP contribution in [0, 0.1) is 25.2 Å². The first kappa shape index (κ1) is 49.9. The van der Waals surface area contributed by atoms with E-state index in [0.29, 0.717) is 20.8 Å². The maximum atomic E-state index is 14.6. The van der Waals surface area contributed by atoms with Gasteiger partial charge in [-0.15, -0.1) is 0 Å². The van der Waals surface area contributed by atoms with Gasteiger partial charge in [0.05, 0.1) is 0 Å². The van der Waals surface area contributed by atoms with Crippen LogP contribution in [0.4, 0.5) is 26.3 Å². The van der Waals surface area contributed by atoms with Gasteiger partial charge in [0.15, 0.2) is 0 Å². The molecule has 0 amide bonds. The summed E-state index contributed by atoms with van der Waals surface area (Å²) in [5.74, 6) is 0.0158. The van der Waals surface area contributed by atoms with Crippen molar-refractivity contribution in [3.8, 4) is 11.1 Å². The molecule has 4 aromatic rings. The van der Waals surface area contributed by atoms with Crippen molar-refractivity contribution in [2.75, 3.05) is 0 Å². The van der Waals surface area contributed by atoms with Crippen LogP contribution in [0.15, 0.2) is 87.7 Å². The third-order valence-electron chi connectivity index (χ3n) is 12.0. The fraction of sp³-hybridized carbons (Fsp3) is 0.431. The Balaban J connectivity index is 0.00000397. The Morgan fingerprint density at radius 1 is 0.667 bits per heavy atom. The molecule has 1 atom stereocenters. The Morgan fingerprint density at radius 3 is 1.65 bits per heavy atom. The van der Waals surface area contributed by atoms with E-state index in [1.807, 2.05) is 0 Å². The van der Waals surface area contributed by atoms with E-state index in [4.69, 9.17) is 0 Å². The average Bonchev–Trinajstić information content (AvgIpc) is 3.69. The minimum absolute atomic E-state index is 0. The average molecular weight is 947 g/mol. The van der Waals surface area contributed by atoms with Crippen molar-refractivity contribution in [2.45, 2.75) is 132 Å². The van der Waals surface area contributed by atoms with Gasteiger partial charge in [0.1, 0.15) is 0 Å². The van der Waals surface area contributed by atoms with Gasteiger partial charge in [-0.1, -0.05) is 0 Å². The summed E-state index contributed by atoms with van der Waals surface area (Å²) >= 11 is -3.91. The molecule has 0 aliphatic heterocycles. The predicted octanol–water partition coefficient (Wildman–Crippen LogP) is 8.70. The van der Waals surface area contributed by atoms with Gasteiger partial charge in [0.25, 0.3) is 0 Å². The molecule has 0 bridgehead atoms. The maximum absolute atomic E-state index is 14.6. The SMILES string of the molecule is CCCCC1C=C(C(C)(C)C)C=[C]1[Zr+2](=[C](c1cccc(C(F)(F)F)c1)c1cccc(C(F)(F)F)c1)[c]1c(C)c(C(C)(C)C)cc2c1Cc1cc(C)c(C(C)(C)C)cc1-2.[Cl-].[Cl-]. The Kier molecular flexibility index (Phi) is 14.8. The monoisotopic (exact) mass is 944 g/mol. The Labute approximate surface area is 374 Å². The van der Waals surface area contributed by atoms with E-state index in [2.05, 4.69) is 113 Å². The van der Waals surface area contributed by atoms with Crippen LogP contribution in [0.5, 0.6) is 0 Å². The predicted molar refractivity (Wildman–Crippen MR) is 226 cm³/mol. The summed E-state index contributed by atoms with van der Waals surface area (Å²) < 4.78 is 90.8. The van der Waals surface area contributed by atoms with Gasteiger partial charge in [0, 0.05) is 0 Å².